The molecule has 0 unspecified atom stereocenters. The zero-order valence-electron chi connectivity index (χ0n) is 7.61. The first-order valence-corrected chi connectivity index (χ1v) is 5.62. The van der Waals surface area contributed by atoms with E-state index in [-0.39, 0.29) is 5.16 Å². The predicted molar refractivity (Wildman–Crippen MR) is 52.7 cm³/mol. The molecule has 0 aliphatic heterocycles. The molecule has 2 aromatic rings. The number of rotatable bonds is 2. The summed E-state index contributed by atoms with van der Waals surface area (Å²) in [6.07, 6.45) is 1.15. The Balaban J connectivity index is 2.61. The summed E-state index contributed by atoms with van der Waals surface area (Å²) in [7, 11) is -3.85. The minimum Gasteiger partial charge on any atom is -0.222 e. The Bertz CT molecular complexity index is 561. The van der Waals surface area contributed by atoms with E-state index >= 15 is 0 Å². The third-order valence-corrected chi connectivity index (χ3v) is 2.56. The lowest BCUT2D eigenvalue weighted by atomic mass is 10.3. The molecule has 0 aliphatic rings. The van der Waals surface area contributed by atoms with Gasteiger partial charge in [0.2, 0.25) is 0 Å². The lowest BCUT2D eigenvalue weighted by Gasteiger charge is -2.02. The fourth-order valence-corrected chi connectivity index (χ4v) is 1.76. The monoisotopic (exact) mass is 224 g/mol. The van der Waals surface area contributed by atoms with Crippen LogP contribution >= 0.6 is 0 Å². The highest BCUT2D eigenvalue weighted by atomic mass is 32.2. The summed E-state index contributed by atoms with van der Waals surface area (Å²) in [6.45, 7) is 0. The first-order chi connectivity index (χ1) is 7.09. The molecule has 6 nitrogen and oxygen atoms in total. The standard InChI is InChI=1S/C8H8N4O2S/c9-15(13,14)8-10-6-11-12(8)7-4-2-1-3-5-7/h1-6H,(H2,9,13,14). The van der Waals surface area contributed by atoms with Crippen LogP contribution in [0.3, 0.4) is 0 Å². The molecular weight excluding hydrogens is 216 g/mol. The van der Waals surface area contributed by atoms with Gasteiger partial charge in [0.25, 0.3) is 15.2 Å². The topological polar surface area (TPSA) is 90.9 Å². The van der Waals surface area contributed by atoms with E-state index in [0.717, 1.165) is 6.33 Å². The molecule has 2 rings (SSSR count). The van der Waals surface area contributed by atoms with E-state index in [1.807, 2.05) is 6.07 Å². The predicted octanol–water partition coefficient (Wildman–Crippen LogP) is -0.0853. The van der Waals surface area contributed by atoms with Gasteiger partial charge in [-0.15, -0.1) is 0 Å². The van der Waals surface area contributed by atoms with Crippen LogP contribution in [0.1, 0.15) is 0 Å². The van der Waals surface area contributed by atoms with Crippen LogP contribution in [-0.4, -0.2) is 23.2 Å². The molecule has 0 radical (unpaired) electrons. The molecule has 7 heteroatoms. The molecule has 0 saturated heterocycles. The van der Waals surface area contributed by atoms with Gasteiger partial charge in [-0.1, -0.05) is 18.2 Å². The van der Waals surface area contributed by atoms with Crippen molar-refractivity contribution in [3.05, 3.63) is 36.7 Å². The van der Waals surface area contributed by atoms with E-state index in [2.05, 4.69) is 10.1 Å². The van der Waals surface area contributed by atoms with Crippen LogP contribution in [0, 0.1) is 0 Å². The molecule has 0 atom stereocenters. The molecule has 15 heavy (non-hydrogen) atoms. The Morgan fingerprint density at radius 1 is 1.20 bits per heavy atom. The number of primary sulfonamides is 1. The molecule has 78 valence electrons. The van der Waals surface area contributed by atoms with Crippen molar-refractivity contribution in [2.24, 2.45) is 5.14 Å². The zero-order valence-corrected chi connectivity index (χ0v) is 8.42. The molecule has 1 aromatic heterocycles. The van der Waals surface area contributed by atoms with E-state index in [4.69, 9.17) is 5.14 Å². The first kappa shape index (κ1) is 9.81. The van der Waals surface area contributed by atoms with Gasteiger partial charge in [0, 0.05) is 0 Å². The van der Waals surface area contributed by atoms with Crippen molar-refractivity contribution in [2.45, 2.75) is 5.16 Å². The highest BCUT2D eigenvalue weighted by Gasteiger charge is 2.17. The van der Waals surface area contributed by atoms with Crippen molar-refractivity contribution in [1.82, 2.24) is 14.8 Å². The number of nitrogens with two attached hydrogens (primary N) is 1. The van der Waals surface area contributed by atoms with Crippen molar-refractivity contribution in [3.63, 3.8) is 0 Å². The molecule has 0 amide bonds. The maximum absolute atomic E-state index is 11.1. The molecule has 0 saturated carbocycles. The van der Waals surface area contributed by atoms with Crippen LogP contribution in [0.5, 0.6) is 0 Å². The van der Waals surface area contributed by atoms with E-state index in [1.165, 1.54) is 4.68 Å². The average molecular weight is 224 g/mol. The Labute approximate surface area is 86.4 Å². The van der Waals surface area contributed by atoms with Gasteiger partial charge in [-0.2, -0.15) is 5.10 Å². The lowest BCUT2D eigenvalue weighted by Crippen LogP contribution is -2.18. The van der Waals surface area contributed by atoms with E-state index < -0.39 is 10.0 Å². The normalized spacial score (nSPS) is 11.5. The molecular formula is C8H8N4O2S. The van der Waals surface area contributed by atoms with Crippen LogP contribution in [0.15, 0.2) is 41.8 Å². The summed E-state index contributed by atoms with van der Waals surface area (Å²) in [5.41, 5.74) is 0.596. The number of nitrogens with zero attached hydrogens (tertiary/aromatic N) is 3. The number of hydrogen-bond acceptors (Lipinski definition) is 4. The molecule has 0 bridgehead atoms. The Morgan fingerprint density at radius 3 is 2.47 bits per heavy atom. The van der Waals surface area contributed by atoms with E-state index in [0.29, 0.717) is 5.69 Å². The van der Waals surface area contributed by atoms with Crippen molar-refractivity contribution >= 4 is 10.0 Å². The third-order valence-electron chi connectivity index (χ3n) is 1.77. The van der Waals surface area contributed by atoms with Crippen molar-refractivity contribution < 1.29 is 8.42 Å². The zero-order chi connectivity index (χ0) is 10.9. The van der Waals surface area contributed by atoms with Gasteiger partial charge in [-0.25, -0.2) is 23.2 Å². The lowest BCUT2D eigenvalue weighted by molar-refractivity contribution is 0.582. The minimum atomic E-state index is -3.85. The number of sulfonamides is 1. The fourth-order valence-electron chi connectivity index (χ4n) is 1.17. The summed E-state index contributed by atoms with van der Waals surface area (Å²) in [5, 5.41) is 8.52. The number of hydrogen-bond donors (Lipinski definition) is 1. The van der Waals surface area contributed by atoms with Crippen LogP contribution in [0.2, 0.25) is 0 Å². The second kappa shape index (κ2) is 3.44. The molecule has 0 fully saturated rings. The summed E-state index contributed by atoms with van der Waals surface area (Å²) < 4.78 is 23.5. The fraction of sp³-hybridized carbons (Fsp3) is 0. The summed E-state index contributed by atoms with van der Waals surface area (Å²) in [4.78, 5) is 3.60. The third kappa shape index (κ3) is 1.88. The van der Waals surface area contributed by atoms with Gasteiger partial charge in [-0.3, -0.25) is 0 Å². The smallest absolute Gasteiger partial charge is 0.222 e. The molecule has 1 heterocycles. The van der Waals surface area contributed by atoms with Crippen molar-refractivity contribution in [1.29, 1.82) is 0 Å². The molecule has 0 spiro atoms. The van der Waals surface area contributed by atoms with E-state index in [9.17, 15) is 8.42 Å². The van der Waals surface area contributed by atoms with Gasteiger partial charge in [0.15, 0.2) is 0 Å². The van der Waals surface area contributed by atoms with Gasteiger partial charge in [-0.05, 0) is 12.1 Å². The maximum atomic E-state index is 11.1. The Hall–Kier alpha value is -1.73. The minimum absolute atomic E-state index is 0.270. The van der Waals surface area contributed by atoms with Crippen LogP contribution < -0.4 is 5.14 Å². The first-order valence-electron chi connectivity index (χ1n) is 4.07. The van der Waals surface area contributed by atoms with Gasteiger partial charge in [0.05, 0.1) is 5.69 Å². The Kier molecular flexibility index (Phi) is 2.25. The SMILES string of the molecule is NS(=O)(=O)c1ncnn1-c1ccccc1. The summed E-state index contributed by atoms with van der Waals surface area (Å²) in [6, 6.07) is 8.78. The highest BCUT2D eigenvalue weighted by Crippen LogP contribution is 2.10. The van der Waals surface area contributed by atoms with Crippen LogP contribution in [0.25, 0.3) is 5.69 Å². The summed E-state index contributed by atoms with van der Waals surface area (Å²) in [5.74, 6) is 0. The number of para-hydroxylation sites is 1. The number of aromatic nitrogens is 3. The molecule has 0 aliphatic carbocycles. The number of benzene rings is 1. The largest absolute Gasteiger partial charge is 0.273 e. The van der Waals surface area contributed by atoms with Gasteiger partial charge in [0.1, 0.15) is 6.33 Å². The maximum Gasteiger partial charge on any atom is 0.273 e. The molecule has 1 aromatic carbocycles. The van der Waals surface area contributed by atoms with Gasteiger partial charge < -0.3 is 0 Å². The van der Waals surface area contributed by atoms with Gasteiger partial charge >= 0.3 is 0 Å². The summed E-state index contributed by atoms with van der Waals surface area (Å²) >= 11 is 0. The highest BCUT2D eigenvalue weighted by molar-refractivity contribution is 7.89. The van der Waals surface area contributed by atoms with Crippen LogP contribution in [0.4, 0.5) is 0 Å². The van der Waals surface area contributed by atoms with E-state index in [1.54, 1.807) is 24.3 Å². The van der Waals surface area contributed by atoms with Crippen molar-refractivity contribution in [2.75, 3.05) is 0 Å². The quantitative estimate of drug-likeness (QED) is 0.772. The van der Waals surface area contributed by atoms with Crippen molar-refractivity contribution in [3.8, 4) is 5.69 Å². The second-order valence-electron chi connectivity index (χ2n) is 2.83. The molecule has 2 N–H and O–H groups in total. The second-order valence-corrected chi connectivity index (χ2v) is 4.29. The van der Waals surface area contributed by atoms with Crippen LogP contribution in [-0.2, 0) is 10.0 Å². The average Bonchev–Trinajstić information content (AvgIpc) is 2.67. The Morgan fingerprint density at radius 2 is 1.87 bits per heavy atom.